The third-order valence-electron chi connectivity index (χ3n) is 3.91. The number of aryl methyl sites for hydroxylation is 1. The van der Waals surface area contributed by atoms with Crippen molar-refractivity contribution in [3.05, 3.63) is 69.9 Å². The van der Waals surface area contributed by atoms with Gasteiger partial charge in [-0.3, -0.25) is 5.32 Å². The van der Waals surface area contributed by atoms with Gasteiger partial charge in [-0.1, -0.05) is 35.5 Å². The van der Waals surface area contributed by atoms with E-state index >= 15 is 0 Å². The fourth-order valence-electron chi connectivity index (χ4n) is 2.49. The van der Waals surface area contributed by atoms with E-state index in [4.69, 9.17) is 9.26 Å². The first-order chi connectivity index (χ1) is 12.9. The van der Waals surface area contributed by atoms with Crippen LogP contribution in [0, 0.1) is 18.6 Å². The highest BCUT2D eigenvalue weighted by atomic mass is 79.9. The molecule has 0 radical (unpaired) electrons. The summed E-state index contributed by atoms with van der Waals surface area (Å²) in [5, 5.41) is 6.24. The number of rotatable bonds is 4. The van der Waals surface area contributed by atoms with Crippen LogP contribution in [0.15, 0.2) is 51.5 Å². The quantitative estimate of drug-likeness (QED) is 0.509. The van der Waals surface area contributed by atoms with Gasteiger partial charge in [-0.05, 0) is 47.5 Å². The maximum atomic E-state index is 14.3. The van der Waals surface area contributed by atoms with Crippen molar-refractivity contribution in [3.8, 4) is 11.3 Å². The van der Waals surface area contributed by atoms with Gasteiger partial charge in [0.1, 0.15) is 29.1 Å². The van der Waals surface area contributed by atoms with Crippen molar-refractivity contribution in [2.75, 3.05) is 5.32 Å². The van der Waals surface area contributed by atoms with Gasteiger partial charge in [0.25, 0.3) is 0 Å². The molecule has 0 aliphatic rings. The van der Waals surface area contributed by atoms with Gasteiger partial charge in [0.2, 0.25) is 0 Å². The molecule has 3 aromatic rings. The van der Waals surface area contributed by atoms with Gasteiger partial charge in [-0.2, -0.15) is 0 Å². The lowest BCUT2D eigenvalue weighted by Crippen LogP contribution is -2.16. The van der Waals surface area contributed by atoms with Gasteiger partial charge in [-0.25, -0.2) is 13.6 Å². The number of hydrogen-bond donors (Lipinski definition) is 1. The van der Waals surface area contributed by atoms with Crippen LogP contribution < -0.4 is 5.32 Å². The lowest BCUT2D eigenvalue weighted by atomic mass is 10.1. The van der Waals surface area contributed by atoms with Crippen LogP contribution >= 0.6 is 15.9 Å². The second kappa shape index (κ2) is 7.87. The fourth-order valence-corrected chi connectivity index (χ4v) is 2.81. The zero-order chi connectivity index (χ0) is 19.6. The number of nitrogens with zero attached hydrogens (tertiary/aromatic N) is 1. The Labute approximate surface area is 162 Å². The Kier molecular flexibility index (Phi) is 5.55. The minimum Gasteiger partial charge on any atom is -0.441 e. The largest absolute Gasteiger partial charge is 0.441 e. The maximum Gasteiger partial charge on any atom is 0.412 e. The lowest BCUT2D eigenvalue weighted by Gasteiger charge is -2.14. The summed E-state index contributed by atoms with van der Waals surface area (Å²) in [5.74, 6) is -1.15. The van der Waals surface area contributed by atoms with Gasteiger partial charge >= 0.3 is 6.09 Å². The summed E-state index contributed by atoms with van der Waals surface area (Å²) in [7, 11) is 0. The Hall–Kier alpha value is -2.74. The molecule has 0 unspecified atom stereocenters. The van der Waals surface area contributed by atoms with Crippen LogP contribution in [0.1, 0.15) is 24.4 Å². The minimum absolute atomic E-state index is 0.0189. The average molecular weight is 437 g/mol. The average Bonchev–Trinajstić information content (AvgIpc) is 2.99. The molecule has 3 rings (SSSR count). The highest BCUT2D eigenvalue weighted by Gasteiger charge is 2.22. The smallest absolute Gasteiger partial charge is 0.412 e. The first-order valence-electron chi connectivity index (χ1n) is 8.00. The molecule has 1 heterocycles. The molecule has 0 aliphatic carbocycles. The molecule has 0 aliphatic heterocycles. The van der Waals surface area contributed by atoms with Crippen molar-refractivity contribution in [3.63, 3.8) is 0 Å². The Morgan fingerprint density at radius 2 is 1.93 bits per heavy atom. The highest BCUT2D eigenvalue weighted by Crippen LogP contribution is 2.34. The number of amides is 1. The van der Waals surface area contributed by atoms with E-state index in [1.807, 2.05) is 30.3 Å². The summed E-state index contributed by atoms with van der Waals surface area (Å²) >= 11 is 2.92. The number of aromatic nitrogens is 1. The number of carbonyl (C=O) groups is 1. The van der Waals surface area contributed by atoms with E-state index < -0.39 is 23.8 Å². The third kappa shape index (κ3) is 4.16. The van der Waals surface area contributed by atoms with Crippen LogP contribution in [0.4, 0.5) is 19.3 Å². The molecule has 1 atom stereocenters. The summed E-state index contributed by atoms with van der Waals surface area (Å²) in [4.78, 5) is 12.3. The number of halogens is 3. The van der Waals surface area contributed by atoms with E-state index in [1.165, 1.54) is 0 Å². The third-order valence-corrected chi connectivity index (χ3v) is 4.52. The predicted octanol–water partition coefficient (Wildman–Crippen LogP) is 6.00. The molecule has 0 saturated carbocycles. The number of benzene rings is 2. The number of hydrogen-bond acceptors (Lipinski definition) is 4. The van der Waals surface area contributed by atoms with Gasteiger partial charge in [-0.15, -0.1) is 0 Å². The molecule has 1 N–H and O–H groups in total. The molecule has 140 valence electrons. The second-order valence-corrected chi connectivity index (χ2v) is 6.65. The first kappa shape index (κ1) is 19.0. The van der Waals surface area contributed by atoms with Crippen molar-refractivity contribution in [2.24, 2.45) is 0 Å². The number of anilines is 1. The summed E-state index contributed by atoms with van der Waals surface area (Å²) in [6, 6.07) is 11.1. The van der Waals surface area contributed by atoms with Crippen molar-refractivity contribution >= 4 is 27.7 Å². The van der Waals surface area contributed by atoms with Gasteiger partial charge in [0, 0.05) is 5.56 Å². The predicted molar refractivity (Wildman–Crippen MR) is 99.3 cm³/mol. The van der Waals surface area contributed by atoms with E-state index in [-0.39, 0.29) is 27.2 Å². The van der Waals surface area contributed by atoms with Crippen molar-refractivity contribution in [2.45, 2.75) is 20.0 Å². The van der Waals surface area contributed by atoms with Crippen LogP contribution in [0.2, 0.25) is 0 Å². The van der Waals surface area contributed by atoms with Gasteiger partial charge in [0.05, 0.1) is 4.47 Å². The molecule has 0 saturated heterocycles. The van der Waals surface area contributed by atoms with Crippen LogP contribution in [0.3, 0.4) is 0 Å². The monoisotopic (exact) mass is 436 g/mol. The summed E-state index contributed by atoms with van der Waals surface area (Å²) < 4.78 is 38.4. The Morgan fingerprint density at radius 3 is 2.63 bits per heavy atom. The highest BCUT2D eigenvalue weighted by molar-refractivity contribution is 9.10. The van der Waals surface area contributed by atoms with Crippen molar-refractivity contribution in [1.29, 1.82) is 0 Å². The van der Waals surface area contributed by atoms with E-state index in [0.29, 0.717) is 0 Å². The minimum atomic E-state index is -0.767. The molecule has 2 aromatic carbocycles. The Balaban J connectivity index is 1.83. The zero-order valence-corrected chi connectivity index (χ0v) is 16.0. The second-order valence-electron chi connectivity index (χ2n) is 5.79. The zero-order valence-electron chi connectivity index (χ0n) is 14.4. The summed E-state index contributed by atoms with van der Waals surface area (Å²) in [6.07, 6.45) is -1.27. The molecule has 1 aromatic heterocycles. The maximum absolute atomic E-state index is 14.3. The SMILES string of the molecule is Cc1onc(-c2cc(F)c(Br)cc2F)c1NC(=O)O[C@H](C)c1ccccc1. The molecule has 0 spiro atoms. The van der Waals surface area contributed by atoms with Crippen molar-refractivity contribution in [1.82, 2.24) is 5.16 Å². The number of nitrogens with one attached hydrogen (secondary N) is 1. The molecule has 0 bridgehead atoms. The van der Waals surface area contributed by atoms with Gasteiger partial charge < -0.3 is 9.26 Å². The van der Waals surface area contributed by atoms with E-state index in [0.717, 1.165) is 17.7 Å². The van der Waals surface area contributed by atoms with E-state index in [1.54, 1.807) is 13.8 Å². The van der Waals surface area contributed by atoms with E-state index in [9.17, 15) is 13.6 Å². The molecular weight excluding hydrogens is 422 g/mol. The number of carbonyl (C=O) groups excluding carboxylic acids is 1. The van der Waals surface area contributed by atoms with Crippen LogP contribution in [-0.2, 0) is 4.74 Å². The van der Waals surface area contributed by atoms with Crippen LogP contribution in [0.25, 0.3) is 11.3 Å². The van der Waals surface area contributed by atoms with Gasteiger partial charge in [0.15, 0.2) is 5.76 Å². The van der Waals surface area contributed by atoms with Crippen LogP contribution in [-0.4, -0.2) is 11.2 Å². The Bertz CT molecular complexity index is 977. The lowest BCUT2D eigenvalue weighted by molar-refractivity contribution is 0.121. The first-order valence-corrected chi connectivity index (χ1v) is 8.80. The Morgan fingerprint density at radius 1 is 1.22 bits per heavy atom. The normalized spacial score (nSPS) is 11.9. The van der Waals surface area contributed by atoms with E-state index in [2.05, 4.69) is 26.4 Å². The van der Waals surface area contributed by atoms with Crippen molar-refractivity contribution < 1.29 is 22.8 Å². The number of ether oxygens (including phenoxy) is 1. The fraction of sp³-hybridized carbons (Fsp3) is 0.158. The molecular formula is C19H15BrF2N2O3. The molecule has 27 heavy (non-hydrogen) atoms. The van der Waals surface area contributed by atoms with Crippen LogP contribution in [0.5, 0.6) is 0 Å². The molecule has 5 nitrogen and oxygen atoms in total. The topological polar surface area (TPSA) is 64.4 Å². The molecule has 8 heteroatoms. The summed E-state index contributed by atoms with van der Waals surface area (Å²) in [6.45, 7) is 3.26. The standard InChI is InChI=1S/C19H15BrF2N2O3/c1-10(12-6-4-3-5-7-12)26-19(25)23-17-11(2)27-24-18(17)13-8-16(22)14(20)9-15(13)21/h3-10H,1-2H3,(H,23,25)/t10-/m1/s1. The molecule has 1 amide bonds. The molecule has 0 fully saturated rings. The summed E-state index contributed by atoms with van der Waals surface area (Å²) in [5.41, 5.74) is 0.761.